The van der Waals surface area contributed by atoms with Crippen LogP contribution in [0.3, 0.4) is 0 Å². The molecule has 1 unspecified atom stereocenters. The van der Waals surface area contributed by atoms with Gasteiger partial charge in [0.05, 0.1) is 0 Å². The molecular weight excluding hydrogens is 292 g/mol. The number of aliphatic hydroxyl groups excluding tert-OH is 1. The molecule has 0 saturated carbocycles. The van der Waals surface area contributed by atoms with Crippen molar-refractivity contribution in [3.8, 4) is 0 Å². The van der Waals surface area contributed by atoms with Gasteiger partial charge in [0.1, 0.15) is 0 Å². The van der Waals surface area contributed by atoms with Crippen LogP contribution in [0, 0.1) is 25.7 Å². The Balaban J connectivity index is 2.56. The Morgan fingerprint density at radius 2 is 1.87 bits per heavy atom. The van der Waals surface area contributed by atoms with Crippen LogP contribution in [-0.4, -0.2) is 30.1 Å². The highest BCUT2D eigenvalue weighted by atomic mass is 16.3. The van der Waals surface area contributed by atoms with E-state index >= 15 is 0 Å². The fraction of sp³-hybridized carbons (Fsp3) is 0.556. The molecule has 1 aromatic rings. The van der Waals surface area contributed by atoms with Crippen molar-refractivity contribution in [3.63, 3.8) is 0 Å². The summed E-state index contributed by atoms with van der Waals surface area (Å²) in [4.78, 5) is 23.9. The summed E-state index contributed by atoms with van der Waals surface area (Å²) in [5, 5.41) is 14.4. The summed E-state index contributed by atoms with van der Waals surface area (Å²) in [6.07, 6.45) is 1.52. The topological polar surface area (TPSA) is 78.4 Å². The molecule has 5 heteroatoms. The molecule has 0 aliphatic heterocycles. The standard InChI is InChI=1S/C18H28N2O3/c1-12(2)10-15(8-9-21)11-19-17(22)18(23)20-16-7-5-6-13(3)14(16)4/h5-7,12,15,21H,8-11H2,1-4H3,(H,19,22)(H,20,23). The summed E-state index contributed by atoms with van der Waals surface area (Å²) in [7, 11) is 0. The molecular formula is C18H28N2O3. The smallest absolute Gasteiger partial charge is 0.313 e. The third-order valence-corrected chi connectivity index (χ3v) is 3.95. The molecule has 0 heterocycles. The molecule has 0 spiro atoms. The zero-order valence-corrected chi connectivity index (χ0v) is 14.5. The minimum atomic E-state index is -0.661. The average Bonchev–Trinajstić information content (AvgIpc) is 2.48. The number of aliphatic hydroxyl groups is 1. The van der Waals surface area contributed by atoms with Crippen molar-refractivity contribution in [1.29, 1.82) is 0 Å². The molecule has 5 nitrogen and oxygen atoms in total. The number of carbonyl (C=O) groups is 2. The quantitative estimate of drug-likeness (QED) is 0.675. The summed E-state index contributed by atoms with van der Waals surface area (Å²) < 4.78 is 0. The maximum Gasteiger partial charge on any atom is 0.313 e. The highest BCUT2D eigenvalue weighted by Crippen LogP contribution is 2.18. The van der Waals surface area contributed by atoms with E-state index in [9.17, 15) is 9.59 Å². The van der Waals surface area contributed by atoms with Crippen LogP contribution in [0.1, 0.15) is 37.8 Å². The van der Waals surface area contributed by atoms with Gasteiger partial charge in [0.25, 0.3) is 0 Å². The number of nitrogens with one attached hydrogen (secondary N) is 2. The third kappa shape index (κ3) is 6.40. The lowest BCUT2D eigenvalue weighted by Crippen LogP contribution is -2.38. The van der Waals surface area contributed by atoms with Gasteiger partial charge in [0.15, 0.2) is 0 Å². The number of rotatable bonds is 7. The summed E-state index contributed by atoms with van der Waals surface area (Å²) in [5.41, 5.74) is 2.66. The van der Waals surface area contributed by atoms with Crippen LogP contribution in [0.4, 0.5) is 5.69 Å². The highest BCUT2D eigenvalue weighted by Gasteiger charge is 2.17. The van der Waals surface area contributed by atoms with Crippen molar-refractivity contribution < 1.29 is 14.7 Å². The van der Waals surface area contributed by atoms with Crippen LogP contribution in [0.5, 0.6) is 0 Å². The van der Waals surface area contributed by atoms with Crippen LogP contribution in [0.25, 0.3) is 0 Å². The van der Waals surface area contributed by atoms with E-state index in [0.29, 0.717) is 24.6 Å². The number of anilines is 1. The van der Waals surface area contributed by atoms with Gasteiger partial charge in [0.2, 0.25) is 0 Å². The molecule has 1 atom stereocenters. The Labute approximate surface area is 138 Å². The summed E-state index contributed by atoms with van der Waals surface area (Å²) >= 11 is 0. The van der Waals surface area contributed by atoms with Crippen molar-refractivity contribution in [3.05, 3.63) is 29.3 Å². The van der Waals surface area contributed by atoms with Crippen LogP contribution in [0.2, 0.25) is 0 Å². The zero-order chi connectivity index (χ0) is 17.4. The predicted octanol–water partition coefficient (Wildman–Crippen LogP) is 2.40. The summed E-state index contributed by atoms with van der Waals surface area (Å²) in [5.74, 6) is -0.645. The summed E-state index contributed by atoms with van der Waals surface area (Å²) in [6.45, 7) is 8.54. The van der Waals surface area contributed by atoms with E-state index in [1.165, 1.54) is 0 Å². The maximum absolute atomic E-state index is 12.0. The number of aryl methyl sites for hydroxylation is 1. The van der Waals surface area contributed by atoms with E-state index in [-0.39, 0.29) is 12.5 Å². The molecule has 0 fully saturated rings. The number of hydrogen-bond donors (Lipinski definition) is 3. The molecule has 23 heavy (non-hydrogen) atoms. The van der Waals surface area contributed by atoms with E-state index in [1.807, 2.05) is 26.0 Å². The second-order valence-electron chi connectivity index (χ2n) is 6.42. The van der Waals surface area contributed by atoms with Crippen molar-refractivity contribution in [2.75, 3.05) is 18.5 Å². The number of amides is 2. The second-order valence-corrected chi connectivity index (χ2v) is 6.42. The highest BCUT2D eigenvalue weighted by molar-refractivity contribution is 6.39. The molecule has 0 aliphatic carbocycles. The Bertz CT molecular complexity index is 541. The minimum absolute atomic E-state index is 0.0853. The zero-order valence-electron chi connectivity index (χ0n) is 14.5. The summed E-state index contributed by atoms with van der Waals surface area (Å²) in [6, 6.07) is 5.58. The lowest BCUT2D eigenvalue weighted by atomic mass is 9.94. The van der Waals surface area contributed by atoms with Gasteiger partial charge in [-0.1, -0.05) is 26.0 Å². The van der Waals surface area contributed by atoms with Crippen molar-refractivity contribution >= 4 is 17.5 Å². The molecule has 128 valence electrons. The maximum atomic E-state index is 12.0. The average molecular weight is 320 g/mol. The SMILES string of the molecule is Cc1cccc(NC(=O)C(=O)NCC(CCO)CC(C)C)c1C. The minimum Gasteiger partial charge on any atom is -0.396 e. The lowest BCUT2D eigenvalue weighted by Gasteiger charge is -2.18. The molecule has 0 radical (unpaired) electrons. The van der Waals surface area contributed by atoms with Crippen molar-refractivity contribution in [1.82, 2.24) is 5.32 Å². The predicted molar refractivity (Wildman–Crippen MR) is 92.2 cm³/mol. The molecule has 0 saturated heterocycles. The molecule has 0 aromatic heterocycles. The largest absolute Gasteiger partial charge is 0.396 e. The van der Waals surface area contributed by atoms with Gasteiger partial charge < -0.3 is 15.7 Å². The molecule has 1 aromatic carbocycles. The van der Waals surface area contributed by atoms with Crippen molar-refractivity contribution in [2.24, 2.45) is 11.8 Å². The van der Waals surface area contributed by atoms with E-state index in [0.717, 1.165) is 17.5 Å². The first-order valence-electron chi connectivity index (χ1n) is 8.11. The van der Waals surface area contributed by atoms with E-state index in [1.54, 1.807) is 6.07 Å². The van der Waals surface area contributed by atoms with E-state index in [4.69, 9.17) is 5.11 Å². The van der Waals surface area contributed by atoms with Gasteiger partial charge in [0, 0.05) is 18.8 Å². The molecule has 3 N–H and O–H groups in total. The number of carbonyl (C=O) groups excluding carboxylic acids is 2. The van der Waals surface area contributed by atoms with Gasteiger partial charge in [-0.15, -0.1) is 0 Å². The molecule has 0 aliphatic rings. The Kier molecular flexibility index (Phi) is 7.75. The van der Waals surface area contributed by atoms with Gasteiger partial charge in [-0.2, -0.15) is 0 Å². The van der Waals surface area contributed by atoms with Crippen LogP contribution in [0.15, 0.2) is 18.2 Å². The molecule has 1 rings (SSSR count). The van der Waals surface area contributed by atoms with Crippen LogP contribution in [-0.2, 0) is 9.59 Å². The monoisotopic (exact) mass is 320 g/mol. The van der Waals surface area contributed by atoms with Crippen molar-refractivity contribution in [2.45, 2.75) is 40.5 Å². The van der Waals surface area contributed by atoms with Gasteiger partial charge >= 0.3 is 11.8 Å². The molecule has 2 amide bonds. The van der Waals surface area contributed by atoms with Crippen LogP contribution >= 0.6 is 0 Å². The molecule has 0 bridgehead atoms. The van der Waals surface area contributed by atoms with E-state index < -0.39 is 11.8 Å². The van der Waals surface area contributed by atoms with Gasteiger partial charge in [-0.05, 0) is 55.7 Å². The first kappa shape index (κ1) is 19.2. The Hall–Kier alpha value is -1.88. The third-order valence-electron chi connectivity index (χ3n) is 3.95. The number of benzene rings is 1. The first-order valence-corrected chi connectivity index (χ1v) is 8.11. The number of hydrogen-bond acceptors (Lipinski definition) is 3. The Morgan fingerprint density at radius 1 is 1.17 bits per heavy atom. The Morgan fingerprint density at radius 3 is 2.48 bits per heavy atom. The van der Waals surface area contributed by atoms with E-state index in [2.05, 4.69) is 24.5 Å². The first-order chi connectivity index (χ1) is 10.8. The lowest BCUT2D eigenvalue weighted by molar-refractivity contribution is -0.136. The fourth-order valence-corrected chi connectivity index (χ4v) is 2.54. The fourth-order valence-electron chi connectivity index (χ4n) is 2.54. The van der Waals surface area contributed by atoms with Crippen LogP contribution < -0.4 is 10.6 Å². The van der Waals surface area contributed by atoms with Gasteiger partial charge in [-0.3, -0.25) is 9.59 Å². The normalized spacial score (nSPS) is 12.1. The van der Waals surface area contributed by atoms with Gasteiger partial charge in [-0.25, -0.2) is 0 Å². The second kappa shape index (κ2) is 9.30.